The summed E-state index contributed by atoms with van der Waals surface area (Å²) in [5.74, 6) is -2.70. The highest BCUT2D eigenvalue weighted by Gasteiger charge is 2.61. The molecule has 2 bridgehead atoms. The number of carbonyl (C=O) groups is 4. The Morgan fingerprint density at radius 1 is 1.10 bits per heavy atom. The number of imide groups is 1. The van der Waals surface area contributed by atoms with E-state index in [1.807, 2.05) is 38.1 Å². The number of ether oxygens (including phenoxy) is 1. The van der Waals surface area contributed by atoms with Crippen molar-refractivity contribution in [2.24, 2.45) is 29.6 Å². The van der Waals surface area contributed by atoms with Crippen LogP contribution in [0.3, 0.4) is 0 Å². The van der Waals surface area contributed by atoms with Crippen molar-refractivity contribution in [2.45, 2.75) is 40.2 Å². The van der Waals surface area contributed by atoms with Gasteiger partial charge in [-0.2, -0.15) is 0 Å². The molecule has 7 nitrogen and oxygen atoms in total. The molecule has 5 atom stereocenters. The molecule has 1 heterocycles. The van der Waals surface area contributed by atoms with Crippen LogP contribution in [0.4, 0.5) is 5.69 Å². The van der Waals surface area contributed by atoms with E-state index in [-0.39, 0.29) is 41.4 Å². The van der Waals surface area contributed by atoms with Crippen LogP contribution in [0.5, 0.6) is 0 Å². The molecule has 4 rings (SSSR count). The quantitative estimate of drug-likeness (QED) is 0.431. The molecule has 0 radical (unpaired) electrons. The predicted molar refractivity (Wildman–Crippen MR) is 114 cm³/mol. The minimum atomic E-state index is -1.03. The van der Waals surface area contributed by atoms with E-state index in [4.69, 9.17) is 4.74 Å². The van der Waals surface area contributed by atoms with Crippen molar-refractivity contribution in [3.63, 3.8) is 0 Å². The van der Waals surface area contributed by atoms with Crippen LogP contribution in [0.1, 0.15) is 31.4 Å². The Labute approximate surface area is 181 Å². The molecule has 164 valence electrons. The Morgan fingerprint density at radius 3 is 2.29 bits per heavy atom. The van der Waals surface area contributed by atoms with Gasteiger partial charge in [0.2, 0.25) is 11.8 Å². The number of hydrogen-bond donors (Lipinski definition) is 1. The van der Waals surface area contributed by atoms with E-state index in [1.54, 1.807) is 19.9 Å². The Bertz CT molecular complexity index is 952. The van der Waals surface area contributed by atoms with Crippen LogP contribution in [-0.2, 0) is 23.9 Å². The van der Waals surface area contributed by atoms with Gasteiger partial charge in [-0.3, -0.25) is 19.3 Å². The van der Waals surface area contributed by atoms with Gasteiger partial charge in [-0.1, -0.05) is 38.1 Å². The average molecular weight is 424 g/mol. The van der Waals surface area contributed by atoms with E-state index in [0.717, 1.165) is 22.4 Å². The first kappa shape index (κ1) is 21.3. The Morgan fingerprint density at radius 2 is 1.71 bits per heavy atom. The molecular weight excluding hydrogens is 396 g/mol. The van der Waals surface area contributed by atoms with Crippen molar-refractivity contribution in [1.82, 2.24) is 4.90 Å². The third-order valence-corrected chi connectivity index (χ3v) is 6.88. The lowest BCUT2D eigenvalue weighted by atomic mass is 9.85. The van der Waals surface area contributed by atoms with Crippen LogP contribution in [-0.4, -0.2) is 41.2 Å². The first-order valence-corrected chi connectivity index (χ1v) is 10.8. The molecule has 0 aromatic heterocycles. The number of fused-ring (bicyclic) bond motifs is 5. The van der Waals surface area contributed by atoms with E-state index in [1.165, 1.54) is 0 Å². The Hall–Kier alpha value is -2.96. The number of hydrogen-bond acceptors (Lipinski definition) is 5. The van der Waals surface area contributed by atoms with Crippen molar-refractivity contribution in [3.05, 3.63) is 41.5 Å². The zero-order valence-corrected chi connectivity index (χ0v) is 18.3. The Balaban J connectivity index is 1.43. The second kappa shape index (κ2) is 7.94. The van der Waals surface area contributed by atoms with Gasteiger partial charge < -0.3 is 10.1 Å². The van der Waals surface area contributed by atoms with Crippen LogP contribution in [0.2, 0.25) is 0 Å². The van der Waals surface area contributed by atoms with E-state index in [0.29, 0.717) is 5.69 Å². The van der Waals surface area contributed by atoms with Crippen molar-refractivity contribution in [2.75, 3.05) is 11.9 Å². The normalized spacial score (nSPS) is 27.1. The minimum Gasteiger partial charge on any atom is -0.454 e. The molecule has 31 heavy (non-hydrogen) atoms. The van der Waals surface area contributed by atoms with E-state index in [9.17, 15) is 19.2 Å². The number of likely N-dealkylation sites (tertiary alicyclic amines) is 1. The molecule has 1 N–H and O–H groups in total. The number of benzene rings is 1. The van der Waals surface area contributed by atoms with Crippen LogP contribution >= 0.6 is 0 Å². The van der Waals surface area contributed by atoms with Crippen LogP contribution in [0.15, 0.2) is 30.4 Å². The summed E-state index contributed by atoms with van der Waals surface area (Å²) in [7, 11) is 0. The molecule has 3 amide bonds. The molecule has 1 saturated carbocycles. The summed E-state index contributed by atoms with van der Waals surface area (Å²) in [5.41, 5.74) is 2.63. The van der Waals surface area contributed by atoms with Gasteiger partial charge in [-0.05, 0) is 55.2 Å². The number of allylic oxidation sites excluding steroid dienone is 2. The van der Waals surface area contributed by atoms with Crippen molar-refractivity contribution >= 4 is 29.4 Å². The molecule has 0 unspecified atom stereocenters. The molecule has 1 aliphatic heterocycles. The highest BCUT2D eigenvalue weighted by molar-refractivity contribution is 6.09. The Kier molecular flexibility index (Phi) is 5.45. The second-order valence-corrected chi connectivity index (χ2v) is 9.14. The summed E-state index contributed by atoms with van der Waals surface area (Å²) in [6.45, 7) is 6.90. The molecule has 2 aliphatic carbocycles. The zero-order chi connectivity index (χ0) is 22.4. The van der Waals surface area contributed by atoms with Crippen molar-refractivity contribution in [1.29, 1.82) is 0 Å². The molecule has 2 fully saturated rings. The maximum absolute atomic E-state index is 13.1. The van der Waals surface area contributed by atoms with Crippen LogP contribution < -0.4 is 5.32 Å². The number of esters is 1. The zero-order valence-electron chi connectivity index (χ0n) is 18.3. The number of nitrogens with one attached hydrogen (secondary N) is 1. The lowest BCUT2D eigenvalue weighted by Gasteiger charge is -2.28. The van der Waals surface area contributed by atoms with Crippen LogP contribution in [0, 0.1) is 43.4 Å². The largest absolute Gasteiger partial charge is 0.454 e. The lowest BCUT2D eigenvalue weighted by molar-refractivity contribution is -0.162. The lowest BCUT2D eigenvalue weighted by Crippen LogP contribution is -2.50. The van der Waals surface area contributed by atoms with Gasteiger partial charge in [-0.15, -0.1) is 0 Å². The fourth-order valence-corrected chi connectivity index (χ4v) is 5.17. The highest BCUT2D eigenvalue weighted by atomic mass is 16.5. The van der Waals surface area contributed by atoms with Crippen molar-refractivity contribution in [3.8, 4) is 0 Å². The molecular formula is C24H28N2O5. The summed E-state index contributed by atoms with van der Waals surface area (Å²) in [4.78, 5) is 52.5. The molecule has 1 aromatic rings. The molecule has 0 spiro atoms. The highest BCUT2D eigenvalue weighted by Crippen LogP contribution is 2.53. The number of rotatable bonds is 6. The average Bonchev–Trinajstić information content (AvgIpc) is 3.40. The fraction of sp³-hybridized carbons (Fsp3) is 0.500. The van der Waals surface area contributed by atoms with Gasteiger partial charge >= 0.3 is 5.97 Å². The maximum Gasteiger partial charge on any atom is 0.330 e. The second-order valence-electron chi connectivity index (χ2n) is 9.14. The molecule has 1 saturated heterocycles. The van der Waals surface area contributed by atoms with Gasteiger partial charge in [0.05, 0.1) is 11.8 Å². The summed E-state index contributed by atoms with van der Waals surface area (Å²) < 4.78 is 5.26. The summed E-state index contributed by atoms with van der Waals surface area (Å²) >= 11 is 0. The number of nitrogens with zero attached hydrogens (tertiary/aromatic N) is 1. The number of amides is 3. The summed E-state index contributed by atoms with van der Waals surface area (Å²) in [6.07, 6.45) is 4.86. The van der Waals surface area contributed by atoms with E-state index in [2.05, 4.69) is 5.32 Å². The van der Waals surface area contributed by atoms with Crippen molar-refractivity contribution < 1.29 is 23.9 Å². The third-order valence-electron chi connectivity index (χ3n) is 6.88. The van der Waals surface area contributed by atoms with Gasteiger partial charge in [0, 0.05) is 5.69 Å². The van der Waals surface area contributed by atoms with Gasteiger partial charge in [0.15, 0.2) is 6.61 Å². The topological polar surface area (TPSA) is 92.8 Å². The smallest absolute Gasteiger partial charge is 0.330 e. The van der Waals surface area contributed by atoms with Crippen LogP contribution in [0.25, 0.3) is 0 Å². The molecule has 1 aromatic carbocycles. The van der Waals surface area contributed by atoms with Gasteiger partial charge in [-0.25, -0.2) is 4.79 Å². The van der Waals surface area contributed by atoms with E-state index < -0.39 is 24.5 Å². The number of carbonyl (C=O) groups excluding carboxylic acids is 4. The fourth-order valence-electron chi connectivity index (χ4n) is 5.17. The summed E-state index contributed by atoms with van der Waals surface area (Å²) in [6, 6.07) is 4.53. The van der Waals surface area contributed by atoms with Gasteiger partial charge in [0.25, 0.3) is 5.91 Å². The molecule has 7 heteroatoms. The monoisotopic (exact) mass is 424 g/mol. The third kappa shape index (κ3) is 3.56. The summed E-state index contributed by atoms with van der Waals surface area (Å²) in [5, 5.41) is 2.74. The minimum absolute atomic E-state index is 0.0728. The standard InChI is InChI=1S/C24H28N2O5/c1-12(2)21(26-22(28)19-15-8-9-16(10-15)20(19)23(26)29)24(30)31-11-18(27)25-17-7-5-6-13(3)14(17)4/h5-9,12,15-16,19-21H,10-11H2,1-4H3,(H,25,27)/t15-,16-,19-,20+,21-/m0/s1. The molecule has 3 aliphatic rings. The maximum atomic E-state index is 13.1. The first-order valence-electron chi connectivity index (χ1n) is 10.8. The predicted octanol–water partition coefficient (Wildman–Crippen LogP) is 2.62. The van der Waals surface area contributed by atoms with E-state index >= 15 is 0 Å². The first-order chi connectivity index (χ1) is 14.7. The number of aryl methyl sites for hydroxylation is 1. The number of anilines is 1. The SMILES string of the molecule is Cc1cccc(NC(=O)COC(=O)[C@H](C(C)C)N2C(=O)[C@@H]3[C@H](C2=O)[C@H]2C=C[C@H]3C2)c1C. The van der Waals surface area contributed by atoms with Gasteiger partial charge in [0.1, 0.15) is 6.04 Å².